The monoisotopic (exact) mass is 444 g/mol. The SMILES string of the molecule is O=C(O)CC(O)(CC(=O)O)C(=O)O.[BiH3].[H-].[K+]. The summed E-state index contributed by atoms with van der Waals surface area (Å²) in [6, 6.07) is 0. The quantitative estimate of drug-likeness (QED) is 0.312. The minimum atomic E-state index is -2.74. The van der Waals surface area contributed by atoms with Crippen molar-refractivity contribution < 1.29 is 87.6 Å². The second-order valence-electron chi connectivity index (χ2n) is 2.48. The van der Waals surface area contributed by atoms with Crippen molar-refractivity contribution in [3.05, 3.63) is 0 Å². The molecule has 0 bridgehead atoms. The van der Waals surface area contributed by atoms with Gasteiger partial charge in [0.1, 0.15) is 0 Å². The summed E-state index contributed by atoms with van der Waals surface area (Å²) >= 11 is 0. The van der Waals surface area contributed by atoms with Crippen molar-refractivity contribution in [1.82, 2.24) is 0 Å². The summed E-state index contributed by atoms with van der Waals surface area (Å²) in [5.74, 6) is -5.02. The number of hydrogen-bond donors (Lipinski definition) is 4. The van der Waals surface area contributed by atoms with E-state index in [1.54, 1.807) is 0 Å². The normalized spacial score (nSPS) is 9.40. The molecule has 9 heteroatoms. The van der Waals surface area contributed by atoms with Crippen LogP contribution in [0.15, 0.2) is 0 Å². The first-order valence-corrected chi connectivity index (χ1v) is 3.17. The van der Waals surface area contributed by atoms with Crippen LogP contribution in [0.1, 0.15) is 14.3 Å². The Labute approximate surface area is 148 Å². The van der Waals surface area contributed by atoms with E-state index in [0.29, 0.717) is 0 Å². The van der Waals surface area contributed by atoms with E-state index in [9.17, 15) is 14.4 Å². The number of aliphatic carboxylic acids is 3. The molecule has 0 aromatic heterocycles. The van der Waals surface area contributed by atoms with Crippen molar-refractivity contribution in [2.24, 2.45) is 0 Å². The minimum absolute atomic E-state index is 0. The zero-order chi connectivity index (χ0) is 10.6. The molecule has 0 saturated carbocycles. The smallest absolute Gasteiger partial charge is 1.00 e. The van der Waals surface area contributed by atoms with Gasteiger partial charge in [0.05, 0.1) is 12.8 Å². The van der Waals surface area contributed by atoms with Crippen LogP contribution in [0.25, 0.3) is 0 Å². The molecule has 0 fully saturated rings. The Kier molecular flexibility index (Phi) is 12.7. The Hall–Kier alpha value is 0.889. The van der Waals surface area contributed by atoms with Crippen LogP contribution in [-0.2, 0) is 14.4 Å². The summed E-state index contributed by atoms with van der Waals surface area (Å²) < 4.78 is 0. The maximum absolute atomic E-state index is 10.3. The van der Waals surface area contributed by atoms with Gasteiger partial charge in [0.25, 0.3) is 0 Å². The van der Waals surface area contributed by atoms with Gasteiger partial charge < -0.3 is 21.9 Å². The molecular weight excluding hydrogens is 432 g/mol. The molecule has 7 nitrogen and oxygen atoms in total. The molecule has 0 saturated heterocycles. The number of carboxylic acid groups (broad SMARTS) is 3. The maximum atomic E-state index is 10.3. The summed E-state index contributed by atoms with van der Waals surface area (Å²) in [7, 11) is 0. The van der Waals surface area contributed by atoms with Crippen LogP contribution in [-0.4, -0.2) is 70.1 Å². The van der Waals surface area contributed by atoms with Crippen molar-refractivity contribution in [3.63, 3.8) is 0 Å². The number of aliphatic hydroxyl groups is 1. The average Bonchev–Trinajstić information content (AvgIpc) is 1.82. The van der Waals surface area contributed by atoms with Crippen LogP contribution in [0.4, 0.5) is 0 Å². The predicted octanol–water partition coefficient (Wildman–Crippen LogP) is -5.32. The first-order chi connectivity index (χ1) is 5.78. The Morgan fingerprint density at radius 1 is 1.00 bits per heavy atom. The molecule has 0 heterocycles. The van der Waals surface area contributed by atoms with Crippen LogP contribution in [0.3, 0.4) is 0 Å². The number of rotatable bonds is 5. The molecule has 84 valence electrons. The molecule has 0 rings (SSSR count). The van der Waals surface area contributed by atoms with Crippen molar-refractivity contribution in [1.29, 1.82) is 0 Å². The van der Waals surface area contributed by atoms with Crippen LogP contribution in [0, 0.1) is 0 Å². The van der Waals surface area contributed by atoms with Gasteiger partial charge in [-0.3, -0.25) is 9.59 Å². The summed E-state index contributed by atoms with van der Waals surface area (Å²) in [5, 5.41) is 33.8. The minimum Gasteiger partial charge on any atom is -1.00 e. The summed E-state index contributed by atoms with van der Waals surface area (Å²) in [4.78, 5) is 30.5. The molecule has 0 aliphatic rings. The van der Waals surface area contributed by atoms with E-state index in [0.717, 1.165) is 0 Å². The first kappa shape index (κ1) is 21.2. The van der Waals surface area contributed by atoms with Crippen molar-refractivity contribution in [2.45, 2.75) is 18.4 Å². The molecule has 0 aliphatic heterocycles. The molecule has 0 aromatic rings. The fourth-order valence-electron chi connectivity index (χ4n) is 0.714. The zero-order valence-electron chi connectivity index (χ0n) is 9.13. The molecule has 0 atom stereocenters. The van der Waals surface area contributed by atoms with E-state index in [1.165, 1.54) is 0 Å². The van der Waals surface area contributed by atoms with Gasteiger partial charge in [-0.25, -0.2) is 4.79 Å². The molecule has 0 aliphatic carbocycles. The molecule has 0 aromatic carbocycles. The third-order valence-electron chi connectivity index (χ3n) is 1.29. The second kappa shape index (κ2) is 8.98. The molecule has 0 amide bonds. The number of carboxylic acids is 3. The van der Waals surface area contributed by atoms with Gasteiger partial charge in [-0.1, -0.05) is 0 Å². The Morgan fingerprint density at radius 3 is 1.40 bits per heavy atom. The van der Waals surface area contributed by atoms with Gasteiger partial charge in [0, 0.05) is 0 Å². The zero-order valence-corrected chi connectivity index (χ0v) is 16.8. The fourth-order valence-corrected chi connectivity index (χ4v) is 0.714. The van der Waals surface area contributed by atoms with Gasteiger partial charge in [-0.05, 0) is 0 Å². The predicted molar refractivity (Wildman–Crippen MR) is 48.1 cm³/mol. The van der Waals surface area contributed by atoms with Crippen LogP contribution in [0.2, 0.25) is 0 Å². The van der Waals surface area contributed by atoms with Crippen molar-refractivity contribution in [3.8, 4) is 0 Å². The number of carbonyl (C=O) groups is 3. The van der Waals surface area contributed by atoms with Gasteiger partial charge in [0.15, 0.2) is 5.60 Å². The molecule has 4 N–H and O–H groups in total. The summed E-state index contributed by atoms with van der Waals surface area (Å²) in [6.45, 7) is 0. The third-order valence-corrected chi connectivity index (χ3v) is 1.29. The van der Waals surface area contributed by atoms with E-state index in [-0.39, 0.29) is 79.0 Å². The van der Waals surface area contributed by atoms with Crippen molar-refractivity contribution in [2.75, 3.05) is 0 Å². The summed E-state index contributed by atoms with van der Waals surface area (Å²) in [5.41, 5.74) is -2.74. The molecule has 0 radical (unpaired) electrons. The van der Waals surface area contributed by atoms with Crippen LogP contribution < -0.4 is 51.4 Å². The molecule has 0 unspecified atom stereocenters. The van der Waals surface area contributed by atoms with Crippen LogP contribution >= 0.6 is 0 Å². The first-order valence-electron chi connectivity index (χ1n) is 3.17. The van der Waals surface area contributed by atoms with Crippen molar-refractivity contribution >= 4 is 44.1 Å². The average molecular weight is 444 g/mol. The Bertz CT molecular complexity index is 243. The van der Waals surface area contributed by atoms with Gasteiger partial charge in [-0.2, -0.15) is 0 Å². The fraction of sp³-hybridized carbons (Fsp3) is 0.500. The second-order valence-corrected chi connectivity index (χ2v) is 2.48. The molecule has 0 spiro atoms. The molecule has 15 heavy (non-hydrogen) atoms. The standard InChI is InChI=1S/C6H8O7.Bi.K.4H/c7-3(8)1-6(13,5(11)12)2-4(9)10;;;;;;/h13H,1-2H2,(H,7,8)(H,9,10)(H,11,12);;;;;;/q;;+1;;;;-1. The van der Waals surface area contributed by atoms with Crippen LogP contribution in [0.5, 0.6) is 0 Å². The van der Waals surface area contributed by atoms with Gasteiger partial charge in [-0.15, -0.1) is 0 Å². The largest absolute Gasteiger partial charge is 1.00 e. The Morgan fingerprint density at radius 2 is 1.27 bits per heavy atom. The van der Waals surface area contributed by atoms with E-state index < -0.39 is 36.4 Å². The molecular formula is C6H12BiKO7. The van der Waals surface area contributed by atoms with Gasteiger partial charge >= 0.3 is 95.5 Å². The third kappa shape index (κ3) is 8.67. The van der Waals surface area contributed by atoms with E-state index in [4.69, 9.17) is 20.4 Å². The maximum Gasteiger partial charge on any atom is 1.00 e. The summed E-state index contributed by atoms with van der Waals surface area (Å²) in [6.07, 6.45) is -2.29. The van der Waals surface area contributed by atoms with E-state index in [2.05, 4.69) is 0 Å². The van der Waals surface area contributed by atoms with Gasteiger partial charge in [0.2, 0.25) is 0 Å². The Balaban J connectivity index is -0.000000240. The van der Waals surface area contributed by atoms with E-state index >= 15 is 0 Å². The number of hydrogen-bond acceptors (Lipinski definition) is 4. The topological polar surface area (TPSA) is 132 Å². The van der Waals surface area contributed by atoms with E-state index in [1.807, 2.05) is 0 Å².